The molecule has 5 nitrogen and oxygen atoms in total. The van der Waals surface area contributed by atoms with E-state index in [1.54, 1.807) is 18.4 Å². The molecule has 0 aliphatic carbocycles. The van der Waals surface area contributed by atoms with Crippen LogP contribution in [0.15, 0.2) is 46.8 Å². The summed E-state index contributed by atoms with van der Waals surface area (Å²) in [7, 11) is 1.77. The van der Waals surface area contributed by atoms with Crippen molar-refractivity contribution in [3.63, 3.8) is 0 Å². The molecule has 134 valence electrons. The molecule has 0 radical (unpaired) electrons. The molecule has 2 aromatic rings. The van der Waals surface area contributed by atoms with Crippen molar-refractivity contribution in [2.75, 3.05) is 18.9 Å². The molecule has 0 spiro atoms. The number of carbonyl (C=O) groups excluding carboxylic acids is 1. The lowest BCUT2D eigenvalue weighted by atomic mass is 10.1. The molecule has 0 fully saturated rings. The summed E-state index contributed by atoms with van der Waals surface area (Å²) >= 11 is 1.77. The summed E-state index contributed by atoms with van der Waals surface area (Å²) in [5, 5.41) is 11.6. The Morgan fingerprint density at radius 3 is 2.52 bits per heavy atom. The molecule has 0 atom stereocenters. The summed E-state index contributed by atoms with van der Waals surface area (Å²) in [5.74, 6) is 0.792. The van der Waals surface area contributed by atoms with E-state index in [2.05, 4.69) is 38.5 Å². The Bertz CT molecular complexity index is 678. The highest BCUT2D eigenvalue weighted by atomic mass is 32.1. The van der Waals surface area contributed by atoms with E-state index < -0.39 is 0 Å². The van der Waals surface area contributed by atoms with Gasteiger partial charge in [-0.25, -0.2) is 0 Å². The van der Waals surface area contributed by atoms with Gasteiger partial charge < -0.3 is 16.0 Å². The van der Waals surface area contributed by atoms with Crippen LogP contribution in [0.1, 0.15) is 24.3 Å². The zero-order valence-corrected chi connectivity index (χ0v) is 15.8. The van der Waals surface area contributed by atoms with Gasteiger partial charge in [-0.05, 0) is 35.6 Å². The number of anilines is 1. The molecule has 1 aromatic carbocycles. The SMILES string of the molecule is CN=C(NCCc1cccs1)NCc1ccc(NC(=O)C(C)C)cc1. The maximum Gasteiger partial charge on any atom is 0.226 e. The fraction of sp³-hybridized carbons (Fsp3) is 0.368. The third-order valence-electron chi connectivity index (χ3n) is 3.67. The number of thiophene rings is 1. The molecule has 0 bridgehead atoms. The average Bonchev–Trinajstić information content (AvgIpc) is 3.12. The number of carbonyl (C=O) groups is 1. The van der Waals surface area contributed by atoms with Crippen molar-refractivity contribution in [3.8, 4) is 0 Å². The van der Waals surface area contributed by atoms with Crippen molar-refractivity contribution in [3.05, 3.63) is 52.2 Å². The van der Waals surface area contributed by atoms with Crippen LogP contribution < -0.4 is 16.0 Å². The third-order valence-corrected chi connectivity index (χ3v) is 4.61. The van der Waals surface area contributed by atoms with Crippen LogP contribution in [-0.4, -0.2) is 25.5 Å². The zero-order valence-electron chi connectivity index (χ0n) is 15.0. The first kappa shape index (κ1) is 19.0. The Hall–Kier alpha value is -2.34. The topological polar surface area (TPSA) is 65.5 Å². The first-order valence-corrected chi connectivity index (χ1v) is 9.33. The lowest BCUT2D eigenvalue weighted by molar-refractivity contribution is -0.118. The summed E-state index contributed by atoms with van der Waals surface area (Å²) in [6, 6.07) is 12.1. The molecule has 0 unspecified atom stereocenters. The smallest absolute Gasteiger partial charge is 0.226 e. The molecular formula is C19H26N4OS. The molecule has 1 amide bonds. The molecule has 6 heteroatoms. The molecule has 1 heterocycles. The van der Waals surface area contributed by atoms with Gasteiger partial charge in [0, 0.05) is 36.6 Å². The van der Waals surface area contributed by atoms with Crippen molar-refractivity contribution < 1.29 is 4.79 Å². The minimum atomic E-state index is -0.0232. The van der Waals surface area contributed by atoms with Gasteiger partial charge in [-0.3, -0.25) is 9.79 Å². The van der Waals surface area contributed by atoms with E-state index in [1.807, 2.05) is 38.1 Å². The van der Waals surface area contributed by atoms with Gasteiger partial charge >= 0.3 is 0 Å². The summed E-state index contributed by atoms with van der Waals surface area (Å²) < 4.78 is 0. The van der Waals surface area contributed by atoms with Gasteiger partial charge in [-0.2, -0.15) is 0 Å². The molecule has 3 N–H and O–H groups in total. The van der Waals surface area contributed by atoms with Crippen LogP contribution in [0.25, 0.3) is 0 Å². The number of hydrogen-bond acceptors (Lipinski definition) is 3. The number of nitrogens with zero attached hydrogens (tertiary/aromatic N) is 1. The van der Waals surface area contributed by atoms with Crippen LogP contribution in [-0.2, 0) is 17.8 Å². The van der Waals surface area contributed by atoms with Gasteiger partial charge in [0.1, 0.15) is 0 Å². The molecule has 0 aliphatic heterocycles. The predicted octanol–water partition coefficient (Wildman–Crippen LogP) is 3.25. The predicted molar refractivity (Wildman–Crippen MR) is 106 cm³/mol. The molecule has 1 aromatic heterocycles. The zero-order chi connectivity index (χ0) is 18.1. The van der Waals surface area contributed by atoms with Crippen molar-refractivity contribution in [1.82, 2.24) is 10.6 Å². The minimum Gasteiger partial charge on any atom is -0.356 e. The highest BCUT2D eigenvalue weighted by Gasteiger charge is 2.06. The molecule has 0 aliphatic rings. The maximum absolute atomic E-state index is 11.7. The molecular weight excluding hydrogens is 332 g/mol. The Kier molecular flexibility index (Phi) is 7.47. The summed E-state index contributed by atoms with van der Waals surface area (Å²) in [6.45, 7) is 5.28. The number of aliphatic imine (C=N–C) groups is 1. The van der Waals surface area contributed by atoms with E-state index in [1.165, 1.54) is 4.88 Å². The fourth-order valence-electron chi connectivity index (χ4n) is 2.16. The number of amides is 1. The lowest BCUT2D eigenvalue weighted by Crippen LogP contribution is -2.37. The van der Waals surface area contributed by atoms with Crippen molar-refractivity contribution in [2.45, 2.75) is 26.8 Å². The average molecular weight is 359 g/mol. The van der Waals surface area contributed by atoms with Gasteiger partial charge in [0.2, 0.25) is 5.91 Å². The normalized spacial score (nSPS) is 11.4. The second kappa shape index (κ2) is 9.84. The largest absolute Gasteiger partial charge is 0.356 e. The van der Waals surface area contributed by atoms with Gasteiger partial charge in [-0.15, -0.1) is 11.3 Å². The quantitative estimate of drug-likeness (QED) is 0.526. The summed E-state index contributed by atoms with van der Waals surface area (Å²) in [5.41, 5.74) is 1.95. The Balaban J connectivity index is 1.76. The fourth-order valence-corrected chi connectivity index (χ4v) is 2.87. The first-order valence-electron chi connectivity index (χ1n) is 8.45. The van der Waals surface area contributed by atoms with Crippen LogP contribution in [0.4, 0.5) is 5.69 Å². The van der Waals surface area contributed by atoms with E-state index in [0.29, 0.717) is 6.54 Å². The third kappa shape index (κ3) is 6.58. The van der Waals surface area contributed by atoms with Crippen molar-refractivity contribution in [2.24, 2.45) is 10.9 Å². The van der Waals surface area contributed by atoms with Gasteiger partial charge in [-0.1, -0.05) is 32.0 Å². The number of guanidine groups is 1. The number of benzene rings is 1. The highest BCUT2D eigenvalue weighted by Crippen LogP contribution is 2.11. The monoisotopic (exact) mass is 358 g/mol. The number of rotatable bonds is 7. The van der Waals surface area contributed by atoms with Crippen LogP contribution in [0.2, 0.25) is 0 Å². The van der Waals surface area contributed by atoms with E-state index in [9.17, 15) is 4.79 Å². The Morgan fingerprint density at radius 2 is 1.92 bits per heavy atom. The second-order valence-corrected chi connectivity index (χ2v) is 7.06. The number of nitrogens with one attached hydrogen (secondary N) is 3. The molecule has 2 rings (SSSR count). The second-order valence-electron chi connectivity index (χ2n) is 6.02. The molecule has 0 saturated carbocycles. The molecule has 25 heavy (non-hydrogen) atoms. The van der Waals surface area contributed by atoms with Crippen LogP contribution in [0, 0.1) is 5.92 Å². The lowest BCUT2D eigenvalue weighted by Gasteiger charge is -2.12. The van der Waals surface area contributed by atoms with Crippen LogP contribution in [0.3, 0.4) is 0 Å². The standard InChI is InChI=1S/C19H26N4OS/c1-14(2)18(24)23-16-8-6-15(7-9-16)13-22-19(20-3)21-11-10-17-5-4-12-25-17/h4-9,12,14H,10-11,13H2,1-3H3,(H,23,24)(H2,20,21,22). The Labute approximate surface area is 153 Å². The van der Waals surface area contributed by atoms with E-state index in [4.69, 9.17) is 0 Å². The Morgan fingerprint density at radius 1 is 1.16 bits per heavy atom. The summed E-state index contributed by atoms with van der Waals surface area (Å²) in [6.07, 6.45) is 0.989. The van der Waals surface area contributed by atoms with Gasteiger partial charge in [0.15, 0.2) is 5.96 Å². The maximum atomic E-state index is 11.7. The highest BCUT2D eigenvalue weighted by molar-refractivity contribution is 7.09. The van der Waals surface area contributed by atoms with E-state index in [-0.39, 0.29) is 11.8 Å². The van der Waals surface area contributed by atoms with Gasteiger partial charge in [0.25, 0.3) is 0 Å². The van der Waals surface area contributed by atoms with Crippen LogP contribution in [0.5, 0.6) is 0 Å². The molecule has 0 saturated heterocycles. The van der Waals surface area contributed by atoms with Crippen molar-refractivity contribution in [1.29, 1.82) is 0 Å². The van der Waals surface area contributed by atoms with Gasteiger partial charge in [0.05, 0.1) is 0 Å². The minimum absolute atomic E-state index is 0.0232. The van der Waals surface area contributed by atoms with E-state index >= 15 is 0 Å². The first-order chi connectivity index (χ1) is 12.1. The van der Waals surface area contributed by atoms with E-state index in [0.717, 1.165) is 30.2 Å². The number of hydrogen-bond donors (Lipinski definition) is 3. The van der Waals surface area contributed by atoms with Crippen LogP contribution >= 0.6 is 11.3 Å². The summed E-state index contributed by atoms with van der Waals surface area (Å²) in [4.78, 5) is 17.3. The van der Waals surface area contributed by atoms with Crippen molar-refractivity contribution >= 4 is 28.9 Å².